The van der Waals surface area contributed by atoms with Gasteiger partial charge in [0.1, 0.15) is 0 Å². The lowest BCUT2D eigenvalue weighted by Crippen LogP contribution is -2.00. The zero-order valence-corrected chi connectivity index (χ0v) is 9.62. The Balaban J connectivity index is 2.20. The maximum absolute atomic E-state index is 13.5. The highest BCUT2D eigenvalue weighted by Gasteiger charge is 2.13. The molecule has 0 atom stereocenters. The second-order valence-electron chi connectivity index (χ2n) is 3.55. The number of hydrogen-bond acceptors (Lipinski definition) is 6. The third-order valence-corrected chi connectivity index (χ3v) is 2.24. The number of nitro benzene ring substituents is 1. The van der Waals surface area contributed by atoms with Crippen molar-refractivity contribution in [1.82, 2.24) is 9.97 Å². The number of benzene rings is 1. The fourth-order valence-electron chi connectivity index (χ4n) is 1.29. The maximum atomic E-state index is 13.5. The number of hydrogen-bond donors (Lipinski definition) is 1. The first kappa shape index (κ1) is 12.8. The van der Waals surface area contributed by atoms with Crippen molar-refractivity contribution in [3.63, 3.8) is 0 Å². The fraction of sp³-hybridized carbons (Fsp3) is 0.0909. The predicted molar refractivity (Wildman–Crippen MR) is 63.1 cm³/mol. The molecule has 19 heavy (non-hydrogen) atoms. The molecule has 0 saturated carbocycles. The molecule has 0 aliphatic heterocycles. The molecule has 2 N–H and O–H groups in total. The Labute approximate surface area is 107 Å². The molecule has 0 unspecified atom stereocenters. The summed E-state index contributed by atoms with van der Waals surface area (Å²) in [6, 6.07) is 2.98. The topological polar surface area (TPSA) is 104 Å². The lowest BCUT2D eigenvalue weighted by Gasteiger charge is -2.04. The summed E-state index contributed by atoms with van der Waals surface area (Å²) in [5, 5.41) is 10.5. The van der Waals surface area contributed by atoms with Gasteiger partial charge in [-0.2, -0.15) is 0 Å². The summed E-state index contributed by atoms with van der Waals surface area (Å²) in [6.45, 7) is 0.284. The van der Waals surface area contributed by atoms with E-state index in [0.29, 0.717) is 5.56 Å². The van der Waals surface area contributed by atoms with Crippen LogP contribution in [0.25, 0.3) is 0 Å². The molecule has 0 aliphatic carbocycles. The Morgan fingerprint density at radius 2 is 2.05 bits per heavy atom. The quantitative estimate of drug-likeness (QED) is 0.666. The zero-order chi connectivity index (χ0) is 13.8. The summed E-state index contributed by atoms with van der Waals surface area (Å²) >= 11 is 0. The van der Waals surface area contributed by atoms with Gasteiger partial charge in [-0.25, -0.2) is 14.4 Å². The Morgan fingerprint density at radius 1 is 1.37 bits per heavy atom. The molecule has 0 spiro atoms. The highest BCUT2D eigenvalue weighted by Crippen LogP contribution is 2.25. The van der Waals surface area contributed by atoms with Gasteiger partial charge in [0, 0.05) is 30.6 Å². The summed E-state index contributed by atoms with van der Waals surface area (Å²) in [5.41, 5.74) is 5.72. The van der Waals surface area contributed by atoms with Crippen LogP contribution in [0.3, 0.4) is 0 Å². The van der Waals surface area contributed by atoms with E-state index in [-0.39, 0.29) is 24.0 Å². The van der Waals surface area contributed by atoms with E-state index < -0.39 is 10.7 Å². The van der Waals surface area contributed by atoms with E-state index in [1.165, 1.54) is 12.4 Å². The van der Waals surface area contributed by atoms with Crippen molar-refractivity contribution < 1.29 is 14.1 Å². The SMILES string of the molecule is NCc1cnc(Oc2ccc([N+](=O)[O-])cc2F)nc1. The van der Waals surface area contributed by atoms with Crippen LogP contribution in [0.4, 0.5) is 10.1 Å². The number of nitro groups is 1. The van der Waals surface area contributed by atoms with E-state index >= 15 is 0 Å². The van der Waals surface area contributed by atoms with Crippen molar-refractivity contribution in [2.75, 3.05) is 0 Å². The molecular weight excluding hydrogens is 255 g/mol. The van der Waals surface area contributed by atoms with Crippen LogP contribution in [0.2, 0.25) is 0 Å². The van der Waals surface area contributed by atoms with Crippen LogP contribution < -0.4 is 10.5 Å². The smallest absolute Gasteiger partial charge is 0.321 e. The number of nitrogens with two attached hydrogens (primary N) is 1. The number of halogens is 1. The van der Waals surface area contributed by atoms with Crippen LogP contribution in [0, 0.1) is 15.9 Å². The predicted octanol–water partition coefficient (Wildman–Crippen LogP) is 1.77. The molecule has 0 fully saturated rings. The molecular formula is C11H9FN4O3. The van der Waals surface area contributed by atoms with E-state index in [2.05, 4.69) is 9.97 Å². The van der Waals surface area contributed by atoms with E-state index in [1.807, 2.05) is 0 Å². The van der Waals surface area contributed by atoms with Crippen LogP contribution in [-0.4, -0.2) is 14.9 Å². The number of non-ortho nitro benzene ring substituents is 1. The third-order valence-electron chi connectivity index (χ3n) is 2.24. The van der Waals surface area contributed by atoms with Crippen LogP contribution in [0.1, 0.15) is 5.56 Å². The van der Waals surface area contributed by atoms with Gasteiger partial charge < -0.3 is 10.5 Å². The normalized spacial score (nSPS) is 10.2. The highest BCUT2D eigenvalue weighted by molar-refractivity contribution is 5.38. The molecule has 8 heteroatoms. The van der Waals surface area contributed by atoms with Crippen molar-refractivity contribution in [1.29, 1.82) is 0 Å². The molecule has 1 aromatic carbocycles. The Bertz CT molecular complexity index is 603. The molecule has 0 radical (unpaired) electrons. The Morgan fingerprint density at radius 3 is 2.58 bits per heavy atom. The van der Waals surface area contributed by atoms with Gasteiger partial charge in [0.15, 0.2) is 11.6 Å². The molecule has 0 saturated heterocycles. The molecule has 98 valence electrons. The second-order valence-corrected chi connectivity index (χ2v) is 3.55. The average molecular weight is 264 g/mol. The van der Waals surface area contributed by atoms with Gasteiger partial charge in [-0.15, -0.1) is 0 Å². The van der Waals surface area contributed by atoms with E-state index in [1.54, 1.807) is 0 Å². The number of aromatic nitrogens is 2. The summed E-state index contributed by atoms with van der Waals surface area (Å²) in [5.74, 6) is -1.05. The van der Waals surface area contributed by atoms with Crippen molar-refractivity contribution in [2.45, 2.75) is 6.54 Å². The monoisotopic (exact) mass is 264 g/mol. The minimum Gasteiger partial charge on any atom is -0.421 e. The first-order valence-corrected chi connectivity index (χ1v) is 5.23. The van der Waals surface area contributed by atoms with Crippen LogP contribution in [0.5, 0.6) is 11.8 Å². The van der Waals surface area contributed by atoms with Gasteiger partial charge in [0.25, 0.3) is 5.69 Å². The molecule has 7 nitrogen and oxygen atoms in total. The van der Waals surface area contributed by atoms with Gasteiger partial charge in [-0.05, 0) is 6.07 Å². The Hall–Kier alpha value is -2.61. The van der Waals surface area contributed by atoms with Gasteiger partial charge in [-0.3, -0.25) is 10.1 Å². The molecule has 2 aromatic rings. The molecule has 0 aliphatic rings. The van der Waals surface area contributed by atoms with Crippen molar-refractivity contribution in [2.24, 2.45) is 5.73 Å². The minimum absolute atomic E-state index is 0.0649. The summed E-state index contributed by atoms with van der Waals surface area (Å²) in [4.78, 5) is 17.4. The van der Waals surface area contributed by atoms with Gasteiger partial charge in [-0.1, -0.05) is 0 Å². The molecule has 0 amide bonds. The average Bonchev–Trinajstić information content (AvgIpc) is 2.41. The van der Waals surface area contributed by atoms with E-state index in [9.17, 15) is 14.5 Å². The minimum atomic E-state index is -0.860. The van der Waals surface area contributed by atoms with Crippen molar-refractivity contribution in [3.05, 3.63) is 52.1 Å². The molecule has 1 heterocycles. The zero-order valence-electron chi connectivity index (χ0n) is 9.62. The first-order valence-electron chi connectivity index (χ1n) is 5.23. The summed E-state index contributed by atoms with van der Waals surface area (Å²) in [7, 11) is 0. The molecule has 0 bridgehead atoms. The Kier molecular flexibility index (Phi) is 3.62. The van der Waals surface area contributed by atoms with Crippen molar-refractivity contribution >= 4 is 5.69 Å². The highest BCUT2D eigenvalue weighted by atomic mass is 19.1. The van der Waals surface area contributed by atoms with Gasteiger partial charge in [0.05, 0.1) is 11.0 Å². The van der Waals surface area contributed by atoms with Crippen LogP contribution in [-0.2, 0) is 6.54 Å². The van der Waals surface area contributed by atoms with Crippen LogP contribution in [0.15, 0.2) is 30.6 Å². The largest absolute Gasteiger partial charge is 0.421 e. The number of rotatable bonds is 4. The number of nitrogens with zero attached hydrogens (tertiary/aromatic N) is 3. The van der Waals surface area contributed by atoms with Crippen LogP contribution >= 0.6 is 0 Å². The lowest BCUT2D eigenvalue weighted by molar-refractivity contribution is -0.385. The molecule has 1 aromatic heterocycles. The third kappa shape index (κ3) is 2.99. The molecule has 2 rings (SSSR count). The van der Waals surface area contributed by atoms with Gasteiger partial charge in [0.2, 0.25) is 0 Å². The van der Waals surface area contributed by atoms with Crippen molar-refractivity contribution in [3.8, 4) is 11.8 Å². The first-order chi connectivity index (χ1) is 9.10. The van der Waals surface area contributed by atoms with Gasteiger partial charge >= 0.3 is 6.01 Å². The summed E-state index contributed by atoms with van der Waals surface area (Å²) < 4.78 is 18.6. The van der Waals surface area contributed by atoms with E-state index in [4.69, 9.17) is 10.5 Å². The fourth-order valence-corrected chi connectivity index (χ4v) is 1.29. The number of ether oxygens (including phenoxy) is 1. The second kappa shape index (κ2) is 5.36. The summed E-state index contributed by atoms with van der Waals surface area (Å²) in [6.07, 6.45) is 2.90. The standard InChI is InChI=1S/C11H9FN4O3/c12-9-3-8(16(17)18)1-2-10(9)19-11-14-5-7(4-13)6-15-11/h1-3,5-6H,4,13H2. The maximum Gasteiger partial charge on any atom is 0.321 e. The lowest BCUT2D eigenvalue weighted by atomic mass is 10.3. The van der Waals surface area contributed by atoms with E-state index in [0.717, 1.165) is 18.2 Å².